The van der Waals surface area contributed by atoms with Gasteiger partial charge in [0.25, 0.3) is 0 Å². The highest BCUT2D eigenvalue weighted by molar-refractivity contribution is 7.46. The first kappa shape index (κ1) is 16.4. The van der Waals surface area contributed by atoms with E-state index in [1.807, 2.05) is 13.8 Å². The van der Waals surface area contributed by atoms with Crippen LogP contribution >= 0.6 is 7.82 Å². The van der Waals surface area contributed by atoms with Crippen molar-refractivity contribution in [3.63, 3.8) is 0 Å². The Morgan fingerprint density at radius 3 is 2.79 bits per heavy atom. The maximum absolute atomic E-state index is 11.8. The third-order valence-corrected chi connectivity index (χ3v) is 2.92. The molecular weight excluding hydrogens is 277 g/mol. The van der Waals surface area contributed by atoms with Gasteiger partial charge in [-0.3, -0.25) is 9.42 Å². The average Bonchev–Trinajstić information content (AvgIpc) is 2.33. The van der Waals surface area contributed by atoms with Gasteiger partial charge in [0, 0.05) is 6.54 Å². The number of amides is 1. The molecule has 0 bridgehead atoms. The average molecular weight is 297 g/mol. The second kappa shape index (κ2) is 7.21. The predicted octanol–water partition coefficient (Wildman–Crippen LogP) is 0.589. The molecule has 0 aromatic heterocycles. The summed E-state index contributed by atoms with van der Waals surface area (Å²) in [6, 6.07) is -0.555. The van der Waals surface area contributed by atoms with Gasteiger partial charge in [-0.25, -0.2) is 9.36 Å². The smallest absolute Gasteiger partial charge is 0.449 e. The molecule has 1 atom stereocenters. The van der Waals surface area contributed by atoms with Crippen LogP contribution in [0.1, 0.15) is 13.8 Å². The number of rotatable bonds is 5. The molecule has 1 rings (SSSR count). The number of hydrogen-bond donors (Lipinski definition) is 2. The molecule has 1 saturated heterocycles. The summed E-state index contributed by atoms with van der Waals surface area (Å²) >= 11 is 0. The third-order valence-electron chi connectivity index (χ3n) is 2.44. The van der Waals surface area contributed by atoms with Crippen LogP contribution in [0.3, 0.4) is 0 Å². The Morgan fingerprint density at radius 2 is 2.21 bits per heavy atom. The molecule has 0 radical (unpaired) electrons. The van der Waals surface area contributed by atoms with E-state index in [4.69, 9.17) is 19.3 Å². The molecule has 1 fully saturated rings. The lowest BCUT2D eigenvalue weighted by atomic mass is 10.2. The molecule has 0 aromatic carbocycles. The lowest BCUT2D eigenvalue weighted by Crippen LogP contribution is -2.51. The Bertz CT molecular complexity index is 343. The van der Waals surface area contributed by atoms with Crippen LogP contribution in [-0.4, -0.2) is 59.8 Å². The molecule has 0 spiro atoms. The van der Waals surface area contributed by atoms with Crippen molar-refractivity contribution in [1.82, 2.24) is 4.90 Å². The van der Waals surface area contributed by atoms with E-state index in [2.05, 4.69) is 4.52 Å². The van der Waals surface area contributed by atoms with Crippen LogP contribution in [0.4, 0.5) is 4.79 Å². The quantitative estimate of drug-likeness (QED) is 0.715. The van der Waals surface area contributed by atoms with Crippen molar-refractivity contribution < 1.29 is 33.1 Å². The van der Waals surface area contributed by atoms with Crippen molar-refractivity contribution in [2.24, 2.45) is 5.92 Å². The SMILES string of the molecule is CC(C)COC(=O)N1CCOCC1COP(=O)(O)O. The number of carbonyl (C=O) groups excluding carboxylic acids is 1. The standard InChI is InChI=1S/C10H20NO7P/c1-8(2)5-17-10(12)11-3-4-16-6-9(11)7-18-19(13,14)15/h8-9H,3-7H2,1-2H3,(H2,13,14,15). The Balaban J connectivity index is 2.51. The number of carbonyl (C=O) groups is 1. The molecule has 112 valence electrons. The van der Waals surface area contributed by atoms with Gasteiger partial charge in [0.05, 0.1) is 32.5 Å². The summed E-state index contributed by atoms with van der Waals surface area (Å²) in [5.74, 6) is 0.217. The fourth-order valence-electron chi connectivity index (χ4n) is 1.54. The first-order valence-corrected chi connectivity index (χ1v) is 7.54. The highest BCUT2D eigenvalue weighted by Gasteiger charge is 2.30. The summed E-state index contributed by atoms with van der Waals surface area (Å²) in [5.41, 5.74) is 0. The van der Waals surface area contributed by atoms with E-state index >= 15 is 0 Å². The largest absolute Gasteiger partial charge is 0.469 e. The lowest BCUT2D eigenvalue weighted by Gasteiger charge is -2.34. The van der Waals surface area contributed by atoms with E-state index in [1.165, 1.54) is 4.90 Å². The number of hydrogen-bond acceptors (Lipinski definition) is 5. The second-order valence-electron chi connectivity index (χ2n) is 4.68. The molecule has 1 aliphatic rings. The summed E-state index contributed by atoms with van der Waals surface area (Å²) < 4.78 is 25.3. The second-order valence-corrected chi connectivity index (χ2v) is 5.92. The van der Waals surface area contributed by atoms with Gasteiger partial charge in [-0.2, -0.15) is 0 Å². The monoisotopic (exact) mass is 297 g/mol. The summed E-state index contributed by atoms with van der Waals surface area (Å²) in [7, 11) is -4.55. The van der Waals surface area contributed by atoms with E-state index in [1.54, 1.807) is 0 Å². The summed E-state index contributed by atoms with van der Waals surface area (Å²) in [5, 5.41) is 0. The van der Waals surface area contributed by atoms with Crippen LogP contribution in [0.5, 0.6) is 0 Å². The van der Waals surface area contributed by atoms with Crippen molar-refractivity contribution in [1.29, 1.82) is 0 Å². The third kappa shape index (κ3) is 6.35. The van der Waals surface area contributed by atoms with Crippen LogP contribution in [0.15, 0.2) is 0 Å². The fourth-order valence-corrected chi connectivity index (χ4v) is 1.90. The predicted molar refractivity (Wildman–Crippen MR) is 65.5 cm³/mol. The number of morpholine rings is 1. The summed E-state index contributed by atoms with van der Waals surface area (Å²) in [6.45, 7) is 4.68. The van der Waals surface area contributed by atoms with Crippen molar-refractivity contribution in [3.8, 4) is 0 Å². The first-order valence-electron chi connectivity index (χ1n) is 6.01. The van der Waals surface area contributed by atoms with Gasteiger partial charge in [-0.15, -0.1) is 0 Å². The van der Waals surface area contributed by atoms with E-state index in [0.717, 1.165) is 0 Å². The molecule has 1 amide bonds. The number of nitrogens with zero attached hydrogens (tertiary/aromatic N) is 1. The number of ether oxygens (including phenoxy) is 2. The fraction of sp³-hybridized carbons (Fsp3) is 0.900. The molecule has 0 aromatic rings. The topological polar surface area (TPSA) is 106 Å². The van der Waals surface area contributed by atoms with Gasteiger partial charge in [-0.1, -0.05) is 13.8 Å². The summed E-state index contributed by atoms with van der Waals surface area (Å²) in [6.07, 6.45) is -0.517. The molecule has 0 aliphatic carbocycles. The Labute approximate surface area is 111 Å². The van der Waals surface area contributed by atoms with Crippen LogP contribution in [-0.2, 0) is 18.6 Å². The van der Waals surface area contributed by atoms with Crippen molar-refractivity contribution in [3.05, 3.63) is 0 Å². The molecule has 2 N–H and O–H groups in total. The highest BCUT2D eigenvalue weighted by atomic mass is 31.2. The summed E-state index contributed by atoms with van der Waals surface area (Å²) in [4.78, 5) is 30.5. The first-order chi connectivity index (χ1) is 8.79. The molecule has 8 nitrogen and oxygen atoms in total. The van der Waals surface area contributed by atoms with E-state index in [9.17, 15) is 9.36 Å². The Hall–Kier alpha value is -0.660. The maximum Gasteiger partial charge on any atom is 0.469 e. The molecule has 0 saturated carbocycles. The van der Waals surface area contributed by atoms with Crippen molar-refractivity contribution in [2.45, 2.75) is 19.9 Å². The van der Waals surface area contributed by atoms with Crippen LogP contribution in [0.2, 0.25) is 0 Å². The molecule has 19 heavy (non-hydrogen) atoms. The zero-order valence-corrected chi connectivity index (χ0v) is 11.9. The van der Waals surface area contributed by atoms with Crippen molar-refractivity contribution >= 4 is 13.9 Å². The van der Waals surface area contributed by atoms with Gasteiger partial charge in [-0.05, 0) is 5.92 Å². The van der Waals surface area contributed by atoms with Gasteiger partial charge in [0.1, 0.15) is 0 Å². The zero-order valence-electron chi connectivity index (χ0n) is 11.0. The molecular formula is C10H20NO7P. The minimum Gasteiger partial charge on any atom is -0.449 e. The van der Waals surface area contributed by atoms with Gasteiger partial charge < -0.3 is 19.3 Å². The molecule has 9 heteroatoms. The molecule has 1 unspecified atom stereocenters. The lowest BCUT2D eigenvalue weighted by molar-refractivity contribution is -0.0271. The molecule has 1 aliphatic heterocycles. The van der Waals surface area contributed by atoms with Gasteiger partial charge in [0.2, 0.25) is 0 Å². The molecule has 1 heterocycles. The van der Waals surface area contributed by atoms with Crippen LogP contribution in [0, 0.1) is 5.92 Å². The minimum atomic E-state index is -4.55. The number of phosphoric acid groups is 1. The van der Waals surface area contributed by atoms with Crippen LogP contribution in [0.25, 0.3) is 0 Å². The van der Waals surface area contributed by atoms with Crippen molar-refractivity contribution in [2.75, 3.05) is 33.0 Å². The van der Waals surface area contributed by atoms with Crippen LogP contribution < -0.4 is 0 Å². The van der Waals surface area contributed by atoms with E-state index in [0.29, 0.717) is 19.8 Å². The van der Waals surface area contributed by atoms with Gasteiger partial charge >= 0.3 is 13.9 Å². The minimum absolute atomic E-state index is 0.163. The normalized spacial score (nSPS) is 20.7. The van der Waals surface area contributed by atoms with E-state index in [-0.39, 0.29) is 19.1 Å². The Kier molecular flexibility index (Phi) is 6.22. The zero-order chi connectivity index (χ0) is 14.5. The number of phosphoric ester groups is 1. The van der Waals surface area contributed by atoms with Gasteiger partial charge in [0.15, 0.2) is 0 Å². The highest BCUT2D eigenvalue weighted by Crippen LogP contribution is 2.36. The maximum atomic E-state index is 11.8. The Morgan fingerprint density at radius 1 is 1.53 bits per heavy atom. The van der Waals surface area contributed by atoms with E-state index < -0.39 is 20.0 Å².